The molecule has 0 radical (unpaired) electrons. The fraction of sp³-hybridized carbons (Fsp3) is 0.526. The third-order valence-corrected chi connectivity index (χ3v) is 5.37. The van der Waals surface area contributed by atoms with Gasteiger partial charge in [0.2, 0.25) is 0 Å². The highest BCUT2D eigenvalue weighted by Crippen LogP contribution is 2.38. The monoisotopic (exact) mass is 392 g/mol. The van der Waals surface area contributed by atoms with Crippen molar-refractivity contribution in [3.05, 3.63) is 24.3 Å². The van der Waals surface area contributed by atoms with Crippen LogP contribution in [0.2, 0.25) is 0 Å². The van der Waals surface area contributed by atoms with Crippen molar-refractivity contribution >= 4 is 23.5 Å². The van der Waals surface area contributed by atoms with E-state index in [9.17, 15) is 14.4 Å². The van der Waals surface area contributed by atoms with Crippen LogP contribution in [0, 0.1) is 5.92 Å². The smallest absolute Gasteiger partial charge is 0.322 e. The number of hydrogen-bond acceptors (Lipinski definition) is 8. The Bertz CT molecular complexity index is 751. The van der Waals surface area contributed by atoms with Crippen LogP contribution in [-0.2, 0) is 28.6 Å². The summed E-state index contributed by atoms with van der Waals surface area (Å²) in [6.07, 6.45) is -0.509. The van der Waals surface area contributed by atoms with E-state index in [1.165, 1.54) is 21.3 Å². The molecule has 0 spiro atoms. The molecule has 2 aliphatic heterocycles. The normalized spacial score (nSPS) is 29.2. The van der Waals surface area contributed by atoms with E-state index in [1.807, 2.05) is 0 Å². The summed E-state index contributed by atoms with van der Waals surface area (Å²) in [5.41, 5.74) is 0.649. The number of hydrogen-bond donors (Lipinski definition) is 1. The van der Waals surface area contributed by atoms with Crippen LogP contribution in [-0.4, -0.2) is 70.5 Å². The second kappa shape index (κ2) is 8.15. The Morgan fingerprint density at radius 1 is 1.04 bits per heavy atom. The molecule has 1 aromatic carbocycles. The Kier molecular flexibility index (Phi) is 5.85. The largest absolute Gasteiger partial charge is 0.497 e. The third kappa shape index (κ3) is 3.31. The van der Waals surface area contributed by atoms with Crippen LogP contribution in [0.4, 0.5) is 5.69 Å². The molecule has 0 aliphatic carbocycles. The molecular weight excluding hydrogens is 368 g/mol. The summed E-state index contributed by atoms with van der Waals surface area (Å²) in [5, 5.41) is 3.14. The maximum absolute atomic E-state index is 12.7. The van der Waals surface area contributed by atoms with Gasteiger partial charge < -0.3 is 23.8 Å². The van der Waals surface area contributed by atoms with E-state index < -0.39 is 42.1 Å². The van der Waals surface area contributed by atoms with Crippen molar-refractivity contribution < 1.29 is 33.3 Å². The summed E-state index contributed by atoms with van der Waals surface area (Å²) >= 11 is 0. The molecule has 3 rings (SSSR count). The second-order valence-electron chi connectivity index (χ2n) is 6.69. The summed E-state index contributed by atoms with van der Waals surface area (Å²) in [6.45, 7) is 0. The van der Waals surface area contributed by atoms with Crippen LogP contribution in [0.3, 0.4) is 0 Å². The molecule has 0 aromatic heterocycles. The number of rotatable bonds is 6. The van der Waals surface area contributed by atoms with E-state index >= 15 is 0 Å². The summed E-state index contributed by atoms with van der Waals surface area (Å²) in [5.74, 6) is -1.09. The molecule has 0 bridgehead atoms. The molecule has 152 valence electrons. The van der Waals surface area contributed by atoms with Crippen LogP contribution < -0.4 is 15.0 Å². The van der Waals surface area contributed by atoms with Crippen LogP contribution >= 0.6 is 0 Å². The molecule has 0 saturated carbocycles. The van der Waals surface area contributed by atoms with Gasteiger partial charge in [-0.3, -0.25) is 19.7 Å². The maximum atomic E-state index is 12.7. The van der Waals surface area contributed by atoms with Crippen molar-refractivity contribution in [1.82, 2.24) is 5.32 Å². The number of anilines is 1. The number of ether oxygens (including phenoxy) is 4. The van der Waals surface area contributed by atoms with Crippen molar-refractivity contribution in [3.63, 3.8) is 0 Å². The predicted octanol–water partition coefficient (Wildman–Crippen LogP) is 0.118. The van der Waals surface area contributed by atoms with Crippen molar-refractivity contribution in [1.29, 1.82) is 0 Å². The maximum Gasteiger partial charge on any atom is 0.322 e. The molecule has 2 heterocycles. The molecule has 2 saturated heterocycles. The van der Waals surface area contributed by atoms with Gasteiger partial charge in [0, 0.05) is 18.8 Å². The highest BCUT2D eigenvalue weighted by atomic mass is 16.5. The number of nitrogens with zero attached hydrogens (tertiary/aromatic N) is 1. The minimum Gasteiger partial charge on any atom is -0.497 e. The summed E-state index contributed by atoms with van der Waals surface area (Å²) in [6, 6.07) is 5.34. The van der Waals surface area contributed by atoms with Crippen molar-refractivity contribution in [2.24, 2.45) is 5.92 Å². The average molecular weight is 392 g/mol. The van der Waals surface area contributed by atoms with Crippen LogP contribution in [0.5, 0.6) is 5.75 Å². The fourth-order valence-electron chi connectivity index (χ4n) is 3.97. The highest BCUT2D eigenvalue weighted by molar-refractivity contribution is 6.05. The van der Waals surface area contributed by atoms with Crippen LogP contribution in [0.15, 0.2) is 24.3 Å². The molecule has 2 fully saturated rings. The molecule has 9 nitrogen and oxygen atoms in total. The summed E-state index contributed by atoms with van der Waals surface area (Å²) in [7, 11) is 5.59. The lowest BCUT2D eigenvalue weighted by Gasteiger charge is -2.49. The fourth-order valence-corrected chi connectivity index (χ4v) is 3.97. The van der Waals surface area contributed by atoms with Gasteiger partial charge in [-0.1, -0.05) is 0 Å². The number of amides is 1. The number of nitrogens with one attached hydrogen (secondary N) is 1. The van der Waals surface area contributed by atoms with Gasteiger partial charge in [-0.15, -0.1) is 0 Å². The Hall–Kier alpha value is -2.65. The number of carbonyl (C=O) groups is 3. The van der Waals surface area contributed by atoms with Gasteiger partial charge in [-0.05, 0) is 30.7 Å². The quantitative estimate of drug-likeness (QED) is 0.538. The highest BCUT2D eigenvalue weighted by Gasteiger charge is 2.58. The van der Waals surface area contributed by atoms with E-state index in [1.54, 1.807) is 36.3 Å². The Morgan fingerprint density at radius 3 is 2.21 bits per heavy atom. The summed E-state index contributed by atoms with van der Waals surface area (Å²) in [4.78, 5) is 38.6. The Balaban J connectivity index is 1.92. The zero-order valence-electron chi connectivity index (χ0n) is 16.2. The molecule has 1 N–H and O–H groups in total. The first kappa shape index (κ1) is 20.1. The number of β-lactam (4-membered cyclic amide) rings is 1. The molecular formula is C19H24N2O7. The molecule has 0 unspecified atom stereocenters. The van der Waals surface area contributed by atoms with E-state index in [0.717, 1.165) is 0 Å². The number of benzene rings is 1. The van der Waals surface area contributed by atoms with Crippen molar-refractivity contribution in [2.75, 3.05) is 33.3 Å². The van der Waals surface area contributed by atoms with E-state index in [4.69, 9.17) is 18.9 Å². The van der Waals surface area contributed by atoms with Gasteiger partial charge in [0.15, 0.2) is 6.10 Å². The van der Waals surface area contributed by atoms with E-state index in [2.05, 4.69) is 5.32 Å². The minimum absolute atomic E-state index is 0.218. The second-order valence-corrected chi connectivity index (χ2v) is 6.69. The lowest BCUT2D eigenvalue weighted by atomic mass is 9.83. The predicted molar refractivity (Wildman–Crippen MR) is 97.9 cm³/mol. The Morgan fingerprint density at radius 2 is 1.68 bits per heavy atom. The van der Waals surface area contributed by atoms with Gasteiger partial charge in [0.25, 0.3) is 5.91 Å². The number of carbonyl (C=O) groups excluding carboxylic acids is 3. The molecule has 5 atom stereocenters. The average Bonchev–Trinajstić information content (AvgIpc) is 3.16. The molecule has 1 amide bonds. The number of esters is 2. The van der Waals surface area contributed by atoms with Crippen molar-refractivity contribution in [2.45, 2.75) is 30.7 Å². The Labute approximate surface area is 162 Å². The van der Waals surface area contributed by atoms with Gasteiger partial charge >= 0.3 is 11.9 Å². The van der Waals surface area contributed by atoms with Gasteiger partial charge in [-0.2, -0.15) is 0 Å². The van der Waals surface area contributed by atoms with Crippen LogP contribution in [0.1, 0.15) is 6.42 Å². The number of methoxy groups -OCH3 is 4. The topological polar surface area (TPSA) is 103 Å². The first-order valence-corrected chi connectivity index (χ1v) is 8.88. The lowest BCUT2D eigenvalue weighted by Crippen LogP contribution is -2.73. The summed E-state index contributed by atoms with van der Waals surface area (Å²) < 4.78 is 20.3. The van der Waals surface area contributed by atoms with E-state index in [0.29, 0.717) is 11.4 Å². The van der Waals surface area contributed by atoms with Crippen LogP contribution in [0.25, 0.3) is 0 Å². The zero-order valence-corrected chi connectivity index (χ0v) is 16.2. The van der Waals surface area contributed by atoms with Crippen molar-refractivity contribution in [3.8, 4) is 5.75 Å². The first-order chi connectivity index (χ1) is 13.5. The molecule has 1 aromatic rings. The first-order valence-electron chi connectivity index (χ1n) is 8.88. The molecule has 28 heavy (non-hydrogen) atoms. The van der Waals surface area contributed by atoms with Gasteiger partial charge in [0.1, 0.15) is 11.8 Å². The molecule has 2 aliphatic rings. The van der Waals surface area contributed by atoms with E-state index in [-0.39, 0.29) is 12.3 Å². The zero-order chi connectivity index (χ0) is 20.4. The standard InChI is InChI=1S/C19H24N2O7/c1-25-11-7-5-10(6-8-11)21-15(16(26-2)17(21)22)14-12(18(23)27-3)9-13(20-14)19(24)28-4/h5-8,12-16,20H,9H2,1-4H3/t12-,13-,14+,15-,16+/m0/s1. The lowest BCUT2D eigenvalue weighted by molar-refractivity contribution is -0.149. The molecule has 9 heteroatoms. The van der Waals surface area contributed by atoms with Gasteiger partial charge in [0.05, 0.1) is 33.3 Å². The van der Waals surface area contributed by atoms with Gasteiger partial charge in [-0.25, -0.2) is 0 Å². The third-order valence-electron chi connectivity index (χ3n) is 5.37. The SMILES string of the molecule is COC(=O)[C@@H]1C[C@H](C(=O)OC)[C@H]([C@H]2[C@@H](OC)C(=O)N2c2ccc(OC)cc2)N1. The minimum atomic E-state index is -0.733.